The Bertz CT molecular complexity index is 545. The number of hydrogen-bond acceptors (Lipinski definition) is 3. The first-order chi connectivity index (χ1) is 9.72. The maximum atomic E-state index is 12.0. The van der Waals surface area contributed by atoms with Crippen LogP contribution in [-0.2, 0) is 16.6 Å². The maximum absolute atomic E-state index is 12.0. The molecule has 0 aromatic heterocycles. The van der Waals surface area contributed by atoms with Crippen molar-refractivity contribution in [3.8, 4) is 0 Å². The molecule has 0 amide bonds. The van der Waals surface area contributed by atoms with Gasteiger partial charge in [-0.3, -0.25) is 4.72 Å². The number of nitrogens with one attached hydrogen (secondary N) is 2. The fourth-order valence-corrected chi connectivity index (χ4v) is 2.82. The molecular formula is C13H19F3N2O2S. The number of halogens is 3. The van der Waals surface area contributed by atoms with Crippen LogP contribution in [0.2, 0.25) is 0 Å². The molecule has 0 saturated carbocycles. The summed E-state index contributed by atoms with van der Waals surface area (Å²) in [5.74, 6) is -0.552. The molecule has 1 rings (SSSR count). The summed E-state index contributed by atoms with van der Waals surface area (Å²) in [6.07, 6.45) is -5.88. The predicted octanol–water partition coefficient (Wildman–Crippen LogP) is 2.88. The van der Waals surface area contributed by atoms with Gasteiger partial charge < -0.3 is 5.32 Å². The van der Waals surface area contributed by atoms with E-state index in [1.165, 1.54) is 0 Å². The summed E-state index contributed by atoms with van der Waals surface area (Å²) in [6.45, 7) is 3.33. The van der Waals surface area contributed by atoms with Crippen LogP contribution in [0.5, 0.6) is 0 Å². The first-order valence-corrected chi connectivity index (χ1v) is 8.24. The van der Waals surface area contributed by atoms with Crippen molar-refractivity contribution in [2.24, 2.45) is 0 Å². The van der Waals surface area contributed by atoms with Crippen LogP contribution in [0.4, 0.5) is 18.9 Å². The van der Waals surface area contributed by atoms with Crippen molar-refractivity contribution in [2.75, 3.05) is 17.0 Å². The lowest BCUT2D eigenvalue weighted by molar-refractivity contribution is -0.134. The van der Waals surface area contributed by atoms with E-state index < -0.39 is 34.8 Å². The zero-order valence-corrected chi connectivity index (χ0v) is 12.5. The van der Waals surface area contributed by atoms with Crippen LogP contribution in [0, 0.1) is 0 Å². The van der Waals surface area contributed by atoms with Gasteiger partial charge in [0.05, 0.1) is 5.75 Å². The van der Waals surface area contributed by atoms with Gasteiger partial charge >= 0.3 is 6.18 Å². The van der Waals surface area contributed by atoms with E-state index in [9.17, 15) is 21.6 Å². The van der Waals surface area contributed by atoms with Crippen LogP contribution >= 0.6 is 0 Å². The van der Waals surface area contributed by atoms with Crippen LogP contribution < -0.4 is 10.0 Å². The van der Waals surface area contributed by atoms with E-state index in [4.69, 9.17) is 0 Å². The Morgan fingerprint density at radius 1 is 1.24 bits per heavy atom. The zero-order chi connectivity index (χ0) is 15.9. The summed E-state index contributed by atoms with van der Waals surface area (Å²) >= 11 is 0. The van der Waals surface area contributed by atoms with E-state index in [1.807, 2.05) is 13.0 Å². The van der Waals surface area contributed by atoms with Gasteiger partial charge in [0, 0.05) is 18.7 Å². The molecule has 1 aromatic carbocycles. The van der Waals surface area contributed by atoms with E-state index in [0.717, 1.165) is 12.1 Å². The molecule has 0 radical (unpaired) electrons. The summed E-state index contributed by atoms with van der Waals surface area (Å²) in [7, 11) is -3.76. The van der Waals surface area contributed by atoms with Crippen molar-refractivity contribution in [1.29, 1.82) is 0 Å². The molecule has 0 heterocycles. The molecular weight excluding hydrogens is 305 g/mol. The highest BCUT2D eigenvalue weighted by molar-refractivity contribution is 7.92. The second-order valence-corrected chi connectivity index (χ2v) is 6.46. The Morgan fingerprint density at radius 3 is 2.57 bits per heavy atom. The average molecular weight is 324 g/mol. The summed E-state index contributed by atoms with van der Waals surface area (Å²) < 4.78 is 61.8. The lowest BCUT2D eigenvalue weighted by Crippen LogP contribution is -2.19. The number of benzene rings is 1. The molecule has 0 aliphatic carbocycles. The van der Waals surface area contributed by atoms with E-state index in [1.54, 1.807) is 18.2 Å². The number of hydrogen-bond donors (Lipinski definition) is 2. The second kappa shape index (κ2) is 7.65. The number of sulfonamides is 1. The van der Waals surface area contributed by atoms with E-state index in [2.05, 4.69) is 10.0 Å². The lowest BCUT2D eigenvalue weighted by atomic mass is 10.2. The molecule has 0 bridgehead atoms. The topological polar surface area (TPSA) is 58.2 Å². The van der Waals surface area contributed by atoms with Gasteiger partial charge in [-0.1, -0.05) is 19.1 Å². The third-order valence-electron chi connectivity index (χ3n) is 2.65. The number of alkyl halides is 3. The van der Waals surface area contributed by atoms with Crippen LogP contribution in [0.25, 0.3) is 0 Å². The molecule has 1 aromatic rings. The molecule has 120 valence electrons. The normalized spacial score (nSPS) is 12.4. The summed E-state index contributed by atoms with van der Waals surface area (Å²) in [4.78, 5) is 0. The highest BCUT2D eigenvalue weighted by Gasteiger charge is 2.27. The first kappa shape index (κ1) is 17.8. The molecule has 8 heteroatoms. The summed E-state index contributed by atoms with van der Waals surface area (Å²) in [5.41, 5.74) is 1.25. The largest absolute Gasteiger partial charge is 0.389 e. The maximum Gasteiger partial charge on any atom is 0.389 e. The Morgan fingerprint density at radius 2 is 1.95 bits per heavy atom. The Kier molecular flexibility index (Phi) is 6.47. The van der Waals surface area contributed by atoms with E-state index in [-0.39, 0.29) is 0 Å². The van der Waals surface area contributed by atoms with E-state index >= 15 is 0 Å². The van der Waals surface area contributed by atoms with Crippen LogP contribution in [-0.4, -0.2) is 26.9 Å². The van der Waals surface area contributed by atoms with Crippen molar-refractivity contribution < 1.29 is 21.6 Å². The standard InChI is InChI=1S/C13H19F3N2O2S/c1-2-17-10-11-5-3-6-12(9-11)18-21(19,20)8-4-7-13(14,15)16/h3,5-6,9,17-18H,2,4,7-8,10H2,1H3. The fraction of sp³-hybridized carbons (Fsp3) is 0.538. The molecule has 0 unspecified atom stereocenters. The SMILES string of the molecule is CCNCc1cccc(NS(=O)(=O)CCCC(F)(F)F)c1. The van der Waals surface area contributed by atoms with Crippen molar-refractivity contribution >= 4 is 15.7 Å². The quantitative estimate of drug-likeness (QED) is 0.773. The molecule has 0 aliphatic rings. The summed E-state index contributed by atoms with van der Waals surface area (Å²) in [6, 6.07) is 6.76. The van der Waals surface area contributed by atoms with Gasteiger partial charge in [-0.15, -0.1) is 0 Å². The molecule has 2 N–H and O–H groups in total. The molecule has 0 spiro atoms. The van der Waals surface area contributed by atoms with Gasteiger partial charge in [0.15, 0.2) is 0 Å². The second-order valence-electron chi connectivity index (χ2n) is 4.62. The first-order valence-electron chi connectivity index (χ1n) is 6.59. The average Bonchev–Trinajstić information content (AvgIpc) is 2.34. The Labute approximate surface area is 122 Å². The van der Waals surface area contributed by atoms with Crippen LogP contribution in [0.1, 0.15) is 25.3 Å². The van der Waals surface area contributed by atoms with Gasteiger partial charge in [-0.05, 0) is 30.7 Å². The van der Waals surface area contributed by atoms with Gasteiger partial charge in [-0.2, -0.15) is 13.2 Å². The Balaban J connectivity index is 2.58. The van der Waals surface area contributed by atoms with Crippen LogP contribution in [0.3, 0.4) is 0 Å². The van der Waals surface area contributed by atoms with Gasteiger partial charge in [0.2, 0.25) is 10.0 Å². The minimum atomic E-state index is -4.33. The number of anilines is 1. The third-order valence-corrected chi connectivity index (χ3v) is 4.03. The van der Waals surface area contributed by atoms with Crippen LogP contribution in [0.15, 0.2) is 24.3 Å². The van der Waals surface area contributed by atoms with Crippen molar-refractivity contribution in [2.45, 2.75) is 32.5 Å². The van der Waals surface area contributed by atoms with Gasteiger partial charge in [-0.25, -0.2) is 8.42 Å². The fourth-order valence-electron chi connectivity index (χ4n) is 1.71. The zero-order valence-electron chi connectivity index (χ0n) is 11.7. The number of rotatable bonds is 8. The molecule has 0 saturated heterocycles. The third kappa shape index (κ3) is 7.91. The van der Waals surface area contributed by atoms with Gasteiger partial charge in [0.1, 0.15) is 0 Å². The monoisotopic (exact) mass is 324 g/mol. The molecule has 0 aliphatic heterocycles. The predicted molar refractivity (Wildman–Crippen MR) is 76.5 cm³/mol. The van der Waals surface area contributed by atoms with Crippen molar-refractivity contribution in [3.63, 3.8) is 0 Å². The van der Waals surface area contributed by atoms with Gasteiger partial charge in [0.25, 0.3) is 0 Å². The molecule has 0 atom stereocenters. The highest BCUT2D eigenvalue weighted by Crippen LogP contribution is 2.22. The molecule has 0 fully saturated rings. The molecule has 21 heavy (non-hydrogen) atoms. The summed E-state index contributed by atoms with van der Waals surface area (Å²) in [5, 5.41) is 3.10. The lowest BCUT2D eigenvalue weighted by Gasteiger charge is -2.10. The minimum Gasteiger partial charge on any atom is -0.313 e. The Hall–Kier alpha value is -1.28. The van der Waals surface area contributed by atoms with Crippen molar-refractivity contribution in [3.05, 3.63) is 29.8 Å². The van der Waals surface area contributed by atoms with E-state index in [0.29, 0.717) is 12.2 Å². The molecule has 4 nitrogen and oxygen atoms in total. The highest BCUT2D eigenvalue weighted by atomic mass is 32.2. The van der Waals surface area contributed by atoms with Crippen molar-refractivity contribution in [1.82, 2.24) is 5.32 Å². The minimum absolute atomic E-state index is 0.359. The smallest absolute Gasteiger partial charge is 0.313 e.